The van der Waals surface area contributed by atoms with Crippen molar-refractivity contribution < 1.29 is 18.7 Å². The maximum absolute atomic E-state index is 12.3. The Kier molecular flexibility index (Phi) is 3.98. The van der Waals surface area contributed by atoms with Gasteiger partial charge in [0.2, 0.25) is 0 Å². The standard InChI is InChI=1S/C8H5BrClF2NO2/c9-7-3(1-6(14)15)4(10)2-5(13-7)8(11)12/h2,8H,1H2,(H,14,15). The molecule has 1 aromatic rings. The molecule has 0 unspecified atom stereocenters. The molecule has 0 bridgehead atoms. The second-order valence-electron chi connectivity index (χ2n) is 2.67. The molecule has 0 amide bonds. The van der Waals surface area contributed by atoms with E-state index in [9.17, 15) is 13.6 Å². The first-order chi connectivity index (χ1) is 6.91. The molecule has 0 saturated heterocycles. The molecule has 0 saturated carbocycles. The minimum atomic E-state index is -2.74. The van der Waals surface area contributed by atoms with Gasteiger partial charge in [-0.3, -0.25) is 4.79 Å². The van der Waals surface area contributed by atoms with Gasteiger partial charge in [0.1, 0.15) is 10.3 Å². The first-order valence-electron chi connectivity index (χ1n) is 3.76. The summed E-state index contributed by atoms with van der Waals surface area (Å²) in [6.07, 6.45) is -3.10. The van der Waals surface area contributed by atoms with Crippen molar-refractivity contribution in [2.45, 2.75) is 12.8 Å². The largest absolute Gasteiger partial charge is 0.481 e. The molecular weight excluding hydrogens is 295 g/mol. The van der Waals surface area contributed by atoms with Gasteiger partial charge in [-0.25, -0.2) is 13.8 Å². The number of halogens is 4. The van der Waals surface area contributed by atoms with Crippen LogP contribution in [-0.2, 0) is 11.2 Å². The lowest BCUT2D eigenvalue weighted by molar-refractivity contribution is -0.136. The summed E-state index contributed by atoms with van der Waals surface area (Å²) in [5.41, 5.74) is -0.297. The summed E-state index contributed by atoms with van der Waals surface area (Å²) in [5.74, 6) is -1.11. The summed E-state index contributed by atoms with van der Waals surface area (Å²) in [7, 11) is 0. The van der Waals surface area contributed by atoms with Crippen LogP contribution in [0.3, 0.4) is 0 Å². The third-order valence-electron chi connectivity index (χ3n) is 1.59. The number of carboxylic acids is 1. The smallest absolute Gasteiger partial charge is 0.307 e. The number of pyridine rings is 1. The Morgan fingerprint density at radius 2 is 2.27 bits per heavy atom. The van der Waals surface area contributed by atoms with E-state index in [4.69, 9.17) is 16.7 Å². The van der Waals surface area contributed by atoms with Crippen molar-refractivity contribution in [3.8, 4) is 0 Å². The first-order valence-corrected chi connectivity index (χ1v) is 4.93. The number of carboxylic acid groups (broad SMARTS) is 1. The van der Waals surface area contributed by atoms with E-state index in [1.165, 1.54) is 0 Å². The molecule has 15 heavy (non-hydrogen) atoms. The molecule has 1 aromatic heterocycles. The lowest BCUT2D eigenvalue weighted by Gasteiger charge is -2.06. The van der Waals surface area contributed by atoms with Crippen molar-refractivity contribution >= 4 is 33.5 Å². The Labute approximate surface area is 97.2 Å². The van der Waals surface area contributed by atoms with Gasteiger partial charge in [-0.2, -0.15) is 0 Å². The van der Waals surface area contributed by atoms with Crippen LogP contribution in [0, 0.1) is 0 Å². The molecule has 1 heterocycles. The number of aliphatic carboxylic acids is 1. The summed E-state index contributed by atoms with van der Waals surface area (Å²) in [6.45, 7) is 0. The normalized spacial score (nSPS) is 10.7. The quantitative estimate of drug-likeness (QED) is 0.873. The van der Waals surface area contributed by atoms with Crippen LogP contribution in [0.5, 0.6) is 0 Å². The first kappa shape index (κ1) is 12.3. The van der Waals surface area contributed by atoms with Gasteiger partial charge in [-0.15, -0.1) is 0 Å². The molecular formula is C8H5BrClF2NO2. The zero-order chi connectivity index (χ0) is 11.6. The lowest BCUT2D eigenvalue weighted by atomic mass is 10.2. The van der Waals surface area contributed by atoms with E-state index in [0.29, 0.717) is 0 Å². The third-order valence-corrected chi connectivity index (χ3v) is 2.58. The SMILES string of the molecule is O=C(O)Cc1c(Cl)cc(C(F)F)nc1Br. The fourth-order valence-corrected chi connectivity index (χ4v) is 1.89. The molecule has 0 fully saturated rings. The number of nitrogens with zero attached hydrogens (tertiary/aromatic N) is 1. The molecule has 0 aliphatic rings. The number of rotatable bonds is 3. The van der Waals surface area contributed by atoms with Gasteiger partial charge in [0.05, 0.1) is 6.42 Å². The van der Waals surface area contributed by atoms with E-state index in [1.54, 1.807) is 0 Å². The van der Waals surface area contributed by atoms with Gasteiger partial charge in [-0.1, -0.05) is 11.6 Å². The Balaban J connectivity index is 3.15. The van der Waals surface area contributed by atoms with Crippen LogP contribution in [-0.4, -0.2) is 16.1 Å². The zero-order valence-electron chi connectivity index (χ0n) is 7.18. The van der Waals surface area contributed by atoms with Gasteiger partial charge in [0.15, 0.2) is 0 Å². The Morgan fingerprint density at radius 1 is 1.67 bits per heavy atom. The minimum absolute atomic E-state index is 0.0328. The van der Waals surface area contributed by atoms with Crippen molar-refractivity contribution in [1.29, 1.82) is 0 Å². The van der Waals surface area contributed by atoms with Crippen molar-refractivity contribution in [3.63, 3.8) is 0 Å². The summed E-state index contributed by atoms with van der Waals surface area (Å²) in [4.78, 5) is 13.9. The van der Waals surface area contributed by atoms with Gasteiger partial charge >= 0.3 is 5.97 Å². The maximum atomic E-state index is 12.3. The summed E-state index contributed by atoms with van der Waals surface area (Å²) in [5, 5.41) is 8.51. The van der Waals surface area contributed by atoms with Crippen molar-refractivity contribution in [1.82, 2.24) is 4.98 Å². The molecule has 0 atom stereocenters. The highest BCUT2D eigenvalue weighted by Gasteiger charge is 2.16. The monoisotopic (exact) mass is 299 g/mol. The average molecular weight is 300 g/mol. The molecule has 1 rings (SSSR count). The number of hydrogen-bond donors (Lipinski definition) is 1. The number of aromatic nitrogens is 1. The van der Waals surface area contributed by atoms with E-state index in [0.717, 1.165) is 6.07 Å². The van der Waals surface area contributed by atoms with Crippen molar-refractivity contribution in [2.24, 2.45) is 0 Å². The summed E-state index contributed by atoms with van der Waals surface area (Å²) >= 11 is 8.56. The second-order valence-corrected chi connectivity index (χ2v) is 3.83. The van der Waals surface area contributed by atoms with E-state index >= 15 is 0 Å². The van der Waals surface area contributed by atoms with Crippen LogP contribution in [0.2, 0.25) is 5.02 Å². The molecule has 0 aromatic carbocycles. The Hall–Kier alpha value is -0.750. The topological polar surface area (TPSA) is 50.2 Å². The molecule has 0 spiro atoms. The molecule has 0 aliphatic carbocycles. The number of carbonyl (C=O) groups is 1. The van der Waals surface area contributed by atoms with E-state index in [-0.39, 0.29) is 21.6 Å². The van der Waals surface area contributed by atoms with Crippen LogP contribution in [0.4, 0.5) is 8.78 Å². The molecule has 3 nitrogen and oxygen atoms in total. The highest BCUT2D eigenvalue weighted by atomic mass is 79.9. The molecule has 0 aliphatic heterocycles. The van der Waals surface area contributed by atoms with Gasteiger partial charge < -0.3 is 5.11 Å². The third kappa shape index (κ3) is 3.10. The van der Waals surface area contributed by atoms with Crippen LogP contribution in [0.25, 0.3) is 0 Å². The molecule has 82 valence electrons. The lowest BCUT2D eigenvalue weighted by Crippen LogP contribution is -2.04. The van der Waals surface area contributed by atoms with Crippen LogP contribution in [0.1, 0.15) is 17.7 Å². The maximum Gasteiger partial charge on any atom is 0.307 e. The summed E-state index contributed by atoms with van der Waals surface area (Å²) in [6, 6.07) is 0.968. The molecule has 7 heteroatoms. The predicted octanol–water partition coefficient (Wildman–Crippen LogP) is 3.06. The van der Waals surface area contributed by atoms with Gasteiger partial charge in [0.25, 0.3) is 6.43 Å². The van der Waals surface area contributed by atoms with Crippen LogP contribution < -0.4 is 0 Å². The fourth-order valence-electron chi connectivity index (χ4n) is 0.949. The van der Waals surface area contributed by atoms with E-state index in [2.05, 4.69) is 20.9 Å². The molecule has 0 radical (unpaired) electrons. The van der Waals surface area contributed by atoms with Crippen LogP contribution in [0.15, 0.2) is 10.7 Å². The molecule has 1 N–H and O–H groups in total. The average Bonchev–Trinajstić information content (AvgIpc) is 2.10. The van der Waals surface area contributed by atoms with E-state index < -0.39 is 18.1 Å². The second kappa shape index (κ2) is 4.85. The Morgan fingerprint density at radius 3 is 2.67 bits per heavy atom. The van der Waals surface area contributed by atoms with Crippen LogP contribution >= 0.6 is 27.5 Å². The van der Waals surface area contributed by atoms with Crippen molar-refractivity contribution in [2.75, 3.05) is 0 Å². The predicted molar refractivity (Wildman–Crippen MR) is 53.2 cm³/mol. The Bertz CT molecular complexity index is 377. The fraction of sp³-hybridized carbons (Fsp3) is 0.250. The van der Waals surface area contributed by atoms with Gasteiger partial charge in [0, 0.05) is 10.6 Å². The highest BCUT2D eigenvalue weighted by molar-refractivity contribution is 9.10. The number of hydrogen-bond acceptors (Lipinski definition) is 2. The number of alkyl halides is 2. The van der Waals surface area contributed by atoms with Gasteiger partial charge in [-0.05, 0) is 22.0 Å². The zero-order valence-corrected chi connectivity index (χ0v) is 9.52. The van der Waals surface area contributed by atoms with Crippen molar-refractivity contribution in [3.05, 3.63) is 26.9 Å². The minimum Gasteiger partial charge on any atom is -0.481 e. The van der Waals surface area contributed by atoms with E-state index in [1.807, 2.05) is 0 Å². The summed E-state index contributed by atoms with van der Waals surface area (Å²) < 4.78 is 24.6. The highest BCUT2D eigenvalue weighted by Crippen LogP contribution is 2.28.